The van der Waals surface area contributed by atoms with Gasteiger partial charge in [-0.1, -0.05) is 6.42 Å². The molecule has 2 rings (SSSR count). The summed E-state index contributed by atoms with van der Waals surface area (Å²) in [6.45, 7) is 0.958. The molecule has 1 aliphatic rings. The van der Waals surface area contributed by atoms with E-state index in [4.69, 9.17) is 5.73 Å². The number of sulfonamides is 1. The summed E-state index contributed by atoms with van der Waals surface area (Å²) in [5, 5.41) is 0. The first-order valence-corrected chi connectivity index (χ1v) is 7.16. The number of nitrogens with two attached hydrogens (primary N) is 1. The van der Waals surface area contributed by atoms with E-state index in [9.17, 15) is 8.42 Å². The standard InChI is InChI=1S/C11H17N3O2S/c12-8-11(4-1-5-11)9-14-17(15,16)10-2-6-13-7-3-10/h2-3,6-7,14H,1,4-5,8-9,12H2. The molecule has 0 unspecified atom stereocenters. The SMILES string of the molecule is NCC1(CNS(=O)(=O)c2ccncc2)CCC1. The van der Waals surface area contributed by atoms with Crippen molar-refractivity contribution in [3.05, 3.63) is 24.5 Å². The Morgan fingerprint density at radius 1 is 1.35 bits per heavy atom. The van der Waals surface area contributed by atoms with Crippen molar-refractivity contribution >= 4 is 10.0 Å². The molecule has 1 saturated carbocycles. The second-order valence-corrected chi connectivity index (χ2v) is 6.33. The molecule has 1 aromatic rings. The van der Waals surface area contributed by atoms with Crippen molar-refractivity contribution in [1.82, 2.24) is 9.71 Å². The van der Waals surface area contributed by atoms with Gasteiger partial charge in [0, 0.05) is 18.9 Å². The van der Waals surface area contributed by atoms with Crippen LogP contribution in [0.25, 0.3) is 0 Å². The van der Waals surface area contributed by atoms with Crippen LogP contribution < -0.4 is 10.5 Å². The fraction of sp³-hybridized carbons (Fsp3) is 0.545. The summed E-state index contributed by atoms with van der Waals surface area (Å²) >= 11 is 0. The van der Waals surface area contributed by atoms with Gasteiger partial charge in [0.1, 0.15) is 0 Å². The predicted octanol–water partition coefficient (Wildman–Crippen LogP) is 0.489. The van der Waals surface area contributed by atoms with Crippen LogP contribution in [0.15, 0.2) is 29.4 Å². The number of nitrogens with one attached hydrogen (secondary N) is 1. The van der Waals surface area contributed by atoms with Crippen LogP contribution in [0.3, 0.4) is 0 Å². The third kappa shape index (κ3) is 2.65. The van der Waals surface area contributed by atoms with Crippen LogP contribution in [0.4, 0.5) is 0 Å². The molecule has 1 fully saturated rings. The Balaban J connectivity index is 2.04. The first-order valence-electron chi connectivity index (χ1n) is 5.68. The lowest BCUT2D eigenvalue weighted by Crippen LogP contribution is -2.46. The lowest BCUT2D eigenvalue weighted by molar-refractivity contribution is 0.150. The lowest BCUT2D eigenvalue weighted by Gasteiger charge is -2.40. The summed E-state index contributed by atoms with van der Waals surface area (Å²) in [7, 11) is -3.43. The Kier molecular flexibility index (Phi) is 3.46. The number of pyridine rings is 1. The Morgan fingerprint density at radius 3 is 2.47 bits per heavy atom. The van der Waals surface area contributed by atoms with E-state index < -0.39 is 10.0 Å². The van der Waals surface area contributed by atoms with Gasteiger partial charge in [0.05, 0.1) is 4.90 Å². The average molecular weight is 255 g/mol. The van der Waals surface area contributed by atoms with Crippen LogP contribution in [0.5, 0.6) is 0 Å². The van der Waals surface area contributed by atoms with Gasteiger partial charge in [-0.15, -0.1) is 0 Å². The highest BCUT2D eigenvalue weighted by Gasteiger charge is 2.36. The number of nitrogens with zero attached hydrogens (tertiary/aromatic N) is 1. The summed E-state index contributed by atoms with van der Waals surface area (Å²) in [5.41, 5.74) is 5.66. The summed E-state index contributed by atoms with van der Waals surface area (Å²) in [6, 6.07) is 2.97. The van der Waals surface area contributed by atoms with Crippen molar-refractivity contribution in [3.63, 3.8) is 0 Å². The number of aromatic nitrogens is 1. The maximum absolute atomic E-state index is 12.0. The molecule has 1 aromatic heterocycles. The fourth-order valence-electron chi connectivity index (χ4n) is 1.98. The molecule has 6 heteroatoms. The first kappa shape index (κ1) is 12.5. The van der Waals surface area contributed by atoms with E-state index in [1.54, 1.807) is 0 Å². The van der Waals surface area contributed by atoms with Crippen LogP contribution in [0.1, 0.15) is 19.3 Å². The Labute approximate surface area is 101 Å². The summed E-state index contributed by atoms with van der Waals surface area (Å²) in [5.74, 6) is 0. The van der Waals surface area contributed by atoms with Crippen LogP contribution >= 0.6 is 0 Å². The maximum Gasteiger partial charge on any atom is 0.240 e. The molecule has 0 aliphatic heterocycles. The molecule has 1 aliphatic carbocycles. The number of hydrogen-bond acceptors (Lipinski definition) is 4. The monoisotopic (exact) mass is 255 g/mol. The normalized spacial score (nSPS) is 18.6. The zero-order valence-electron chi connectivity index (χ0n) is 9.59. The van der Waals surface area contributed by atoms with E-state index in [0.717, 1.165) is 19.3 Å². The van der Waals surface area contributed by atoms with Gasteiger partial charge in [0.25, 0.3) is 0 Å². The molecular formula is C11H17N3O2S. The molecule has 94 valence electrons. The lowest BCUT2D eigenvalue weighted by atomic mass is 9.69. The van der Waals surface area contributed by atoms with E-state index in [1.807, 2.05) is 0 Å². The minimum Gasteiger partial charge on any atom is -0.330 e. The number of hydrogen-bond donors (Lipinski definition) is 2. The molecule has 0 bridgehead atoms. The van der Waals surface area contributed by atoms with Gasteiger partial charge in [-0.3, -0.25) is 4.98 Å². The highest BCUT2D eigenvalue weighted by Crippen LogP contribution is 2.39. The molecular weight excluding hydrogens is 238 g/mol. The molecule has 0 spiro atoms. The molecule has 0 radical (unpaired) electrons. The summed E-state index contributed by atoms with van der Waals surface area (Å²) in [6.07, 6.45) is 6.08. The van der Waals surface area contributed by atoms with E-state index >= 15 is 0 Å². The Hall–Kier alpha value is -0.980. The topological polar surface area (TPSA) is 85.1 Å². The Morgan fingerprint density at radius 2 is 2.00 bits per heavy atom. The molecule has 0 atom stereocenters. The smallest absolute Gasteiger partial charge is 0.240 e. The van der Waals surface area contributed by atoms with E-state index in [1.165, 1.54) is 24.5 Å². The van der Waals surface area contributed by atoms with Crippen molar-refractivity contribution in [2.45, 2.75) is 24.2 Å². The van der Waals surface area contributed by atoms with Crippen molar-refractivity contribution in [2.24, 2.45) is 11.1 Å². The van der Waals surface area contributed by atoms with Crippen LogP contribution in [0.2, 0.25) is 0 Å². The van der Waals surface area contributed by atoms with E-state index in [2.05, 4.69) is 9.71 Å². The quantitative estimate of drug-likeness (QED) is 0.802. The van der Waals surface area contributed by atoms with Crippen LogP contribution in [-0.4, -0.2) is 26.5 Å². The van der Waals surface area contributed by atoms with Gasteiger partial charge in [0.2, 0.25) is 10.0 Å². The largest absolute Gasteiger partial charge is 0.330 e. The van der Waals surface area contributed by atoms with Gasteiger partial charge < -0.3 is 5.73 Å². The predicted molar refractivity (Wildman–Crippen MR) is 64.8 cm³/mol. The Bertz CT molecular complexity index is 463. The molecule has 3 N–H and O–H groups in total. The molecule has 0 saturated heterocycles. The van der Waals surface area contributed by atoms with Gasteiger partial charge >= 0.3 is 0 Å². The van der Waals surface area contributed by atoms with E-state index in [-0.39, 0.29) is 10.3 Å². The molecule has 0 amide bonds. The third-order valence-electron chi connectivity index (χ3n) is 3.44. The molecule has 5 nitrogen and oxygen atoms in total. The van der Waals surface area contributed by atoms with Gasteiger partial charge in [-0.25, -0.2) is 13.1 Å². The van der Waals surface area contributed by atoms with E-state index in [0.29, 0.717) is 13.1 Å². The van der Waals surface area contributed by atoms with Gasteiger partial charge in [-0.2, -0.15) is 0 Å². The summed E-state index contributed by atoms with van der Waals surface area (Å²) in [4.78, 5) is 4.05. The van der Waals surface area contributed by atoms with Crippen molar-refractivity contribution in [2.75, 3.05) is 13.1 Å². The molecule has 1 heterocycles. The number of rotatable bonds is 5. The summed E-state index contributed by atoms with van der Waals surface area (Å²) < 4.78 is 26.5. The third-order valence-corrected chi connectivity index (χ3v) is 4.86. The highest BCUT2D eigenvalue weighted by molar-refractivity contribution is 7.89. The minimum absolute atomic E-state index is 0.0277. The minimum atomic E-state index is -3.43. The fourth-order valence-corrected chi connectivity index (χ4v) is 3.12. The zero-order valence-corrected chi connectivity index (χ0v) is 10.4. The van der Waals surface area contributed by atoms with Gasteiger partial charge in [0.15, 0.2) is 0 Å². The average Bonchev–Trinajstić information content (AvgIpc) is 2.29. The molecule has 17 heavy (non-hydrogen) atoms. The second kappa shape index (κ2) is 4.72. The molecule has 0 aromatic carbocycles. The zero-order chi connectivity index (χ0) is 12.4. The first-order chi connectivity index (χ1) is 8.08. The second-order valence-electron chi connectivity index (χ2n) is 4.57. The van der Waals surface area contributed by atoms with Crippen LogP contribution in [0, 0.1) is 5.41 Å². The maximum atomic E-state index is 12.0. The highest BCUT2D eigenvalue weighted by atomic mass is 32.2. The van der Waals surface area contributed by atoms with Crippen LogP contribution in [-0.2, 0) is 10.0 Å². The van der Waals surface area contributed by atoms with Crippen molar-refractivity contribution in [1.29, 1.82) is 0 Å². The van der Waals surface area contributed by atoms with Gasteiger partial charge in [-0.05, 0) is 36.9 Å². The van der Waals surface area contributed by atoms with Crippen molar-refractivity contribution < 1.29 is 8.42 Å². The van der Waals surface area contributed by atoms with Crippen molar-refractivity contribution in [3.8, 4) is 0 Å².